The smallest absolute Gasteiger partial charge is 0.238 e. The second kappa shape index (κ2) is 3.84. The summed E-state index contributed by atoms with van der Waals surface area (Å²) in [7, 11) is -3.69. The summed E-state index contributed by atoms with van der Waals surface area (Å²) in [6.07, 6.45) is 0.815. The Kier molecular flexibility index (Phi) is 2.65. The number of hydrogen-bond acceptors (Lipinski definition) is 3. The van der Waals surface area contributed by atoms with Gasteiger partial charge in [-0.2, -0.15) is 0 Å². The van der Waals surface area contributed by atoms with E-state index in [2.05, 4.69) is 4.98 Å². The van der Waals surface area contributed by atoms with Gasteiger partial charge in [-0.3, -0.25) is 4.98 Å². The van der Waals surface area contributed by atoms with Gasteiger partial charge >= 0.3 is 0 Å². The first-order valence-corrected chi connectivity index (χ1v) is 6.48. The highest BCUT2D eigenvalue weighted by molar-refractivity contribution is 7.89. The molecule has 4 nitrogen and oxygen atoms in total. The Labute approximate surface area is 94.2 Å². The molecule has 0 saturated carbocycles. The lowest BCUT2D eigenvalue weighted by atomic mass is 10.2. The zero-order chi connectivity index (χ0) is 11.8. The summed E-state index contributed by atoms with van der Waals surface area (Å²) >= 11 is 0. The normalized spacial score (nSPS) is 11.9. The van der Waals surface area contributed by atoms with E-state index in [-0.39, 0.29) is 4.90 Å². The van der Waals surface area contributed by atoms with Gasteiger partial charge < -0.3 is 0 Å². The van der Waals surface area contributed by atoms with Crippen molar-refractivity contribution in [2.75, 3.05) is 0 Å². The van der Waals surface area contributed by atoms with Crippen LogP contribution in [0.25, 0.3) is 10.9 Å². The summed E-state index contributed by atoms with van der Waals surface area (Å²) < 4.78 is 22.7. The van der Waals surface area contributed by atoms with Crippen molar-refractivity contribution in [3.63, 3.8) is 0 Å². The third-order valence-electron chi connectivity index (χ3n) is 2.42. The molecule has 0 atom stereocenters. The molecule has 0 aliphatic heterocycles. The average Bonchev–Trinajstić information content (AvgIpc) is 2.26. The highest BCUT2D eigenvalue weighted by Gasteiger charge is 2.12. The maximum absolute atomic E-state index is 11.4. The summed E-state index contributed by atoms with van der Waals surface area (Å²) in [4.78, 5) is 4.47. The van der Waals surface area contributed by atoms with Crippen molar-refractivity contribution < 1.29 is 8.42 Å². The molecule has 1 heterocycles. The van der Waals surface area contributed by atoms with Crippen LogP contribution in [0.4, 0.5) is 0 Å². The molecular formula is C11H12N2O2S. The maximum atomic E-state index is 11.4. The van der Waals surface area contributed by atoms with Crippen LogP contribution in [0.3, 0.4) is 0 Å². The maximum Gasteiger partial charge on any atom is 0.238 e. The molecule has 0 bridgehead atoms. The van der Waals surface area contributed by atoms with Gasteiger partial charge in [0.1, 0.15) is 0 Å². The Morgan fingerprint density at radius 3 is 2.62 bits per heavy atom. The van der Waals surface area contributed by atoms with Crippen LogP contribution in [-0.4, -0.2) is 13.4 Å². The van der Waals surface area contributed by atoms with Gasteiger partial charge in [-0.1, -0.05) is 13.0 Å². The third kappa shape index (κ3) is 1.91. The van der Waals surface area contributed by atoms with E-state index in [1.165, 1.54) is 6.07 Å². The summed E-state index contributed by atoms with van der Waals surface area (Å²) in [6, 6.07) is 8.49. The lowest BCUT2D eigenvalue weighted by molar-refractivity contribution is 0.598. The minimum absolute atomic E-state index is 0.125. The first-order valence-electron chi connectivity index (χ1n) is 4.94. The van der Waals surface area contributed by atoms with Gasteiger partial charge in [-0.25, -0.2) is 13.6 Å². The van der Waals surface area contributed by atoms with Crippen molar-refractivity contribution in [2.24, 2.45) is 5.14 Å². The van der Waals surface area contributed by atoms with Crippen LogP contribution in [0.2, 0.25) is 0 Å². The highest BCUT2D eigenvalue weighted by atomic mass is 32.2. The minimum Gasteiger partial charge on any atom is -0.253 e. The van der Waals surface area contributed by atoms with Crippen molar-refractivity contribution in [3.8, 4) is 0 Å². The number of aryl methyl sites for hydroxylation is 1. The number of primary sulfonamides is 1. The molecule has 0 spiro atoms. The Morgan fingerprint density at radius 2 is 2.00 bits per heavy atom. The van der Waals surface area contributed by atoms with E-state index < -0.39 is 10.0 Å². The van der Waals surface area contributed by atoms with Crippen LogP contribution in [-0.2, 0) is 16.4 Å². The first-order chi connectivity index (χ1) is 7.52. The largest absolute Gasteiger partial charge is 0.253 e. The fourth-order valence-electron chi connectivity index (χ4n) is 1.61. The molecule has 84 valence electrons. The predicted octanol–water partition coefficient (Wildman–Crippen LogP) is 1.44. The summed E-state index contributed by atoms with van der Waals surface area (Å²) in [5, 5.41) is 5.71. The van der Waals surface area contributed by atoms with Crippen LogP contribution in [0, 0.1) is 0 Å². The van der Waals surface area contributed by atoms with Crippen LogP contribution in [0.5, 0.6) is 0 Å². The Morgan fingerprint density at radius 1 is 1.25 bits per heavy atom. The minimum atomic E-state index is -3.69. The topological polar surface area (TPSA) is 73.1 Å². The predicted molar refractivity (Wildman–Crippen MR) is 62.5 cm³/mol. The van der Waals surface area contributed by atoms with E-state index in [9.17, 15) is 8.42 Å². The number of pyridine rings is 1. The molecule has 1 aromatic carbocycles. The number of benzene rings is 1. The van der Waals surface area contributed by atoms with Gasteiger partial charge in [-0.05, 0) is 30.7 Å². The average molecular weight is 236 g/mol. The Hall–Kier alpha value is -1.46. The lowest BCUT2D eigenvalue weighted by Gasteiger charge is -2.04. The molecule has 16 heavy (non-hydrogen) atoms. The number of fused-ring (bicyclic) bond motifs is 1. The second-order valence-electron chi connectivity index (χ2n) is 3.52. The van der Waals surface area contributed by atoms with Gasteiger partial charge in [0.15, 0.2) is 0 Å². The molecule has 0 radical (unpaired) electrons. The molecule has 2 rings (SSSR count). The third-order valence-corrected chi connectivity index (χ3v) is 3.39. The fourth-order valence-corrected chi connectivity index (χ4v) is 2.36. The van der Waals surface area contributed by atoms with E-state index in [0.717, 1.165) is 12.1 Å². The molecule has 0 aliphatic carbocycles. The number of hydrogen-bond donors (Lipinski definition) is 1. The number of rotatable bonds is 2. The molecule has 0 unspecified atom stereocenters. The summed E-state index contributed by atoms with van der Waals surface area (Å²) in [5.41, 5.74) is 1.59. The monoisotopic (exact) mass is 236 g/mol. The van der Waals surface area contributed by atoms with Gasteiger partial charge in [0.2, 0.25) is 10.0 Å². The van der Waals surface area contributed by atoms with Crippen molar-refractivity contribution in [1.82, 2.24) is 4.98 Å². The zero-order valence-corrected chi connectivity index (χ0v) is 9.66. The van der Waals surface area contributed by atoms with Gasteiger partial charge in [0.25, 0.3) is 0 Å². The number of sulfonamides is 1. The quantitative estimate of drug-likeness (QED) is 0.857. The molecule has 0 aliphatic rings. The molecule has 1 aromatic heterocycles. The van der Waals surface area contributed by atoms with Crippen LogP contribution in [0.15, 0.2) is 35.2 Å². The number of aromatic nitrogens is 1. The highest BCUT2D eigenvalue weighted by Crippen LogP contribution is 2.20. The molecule has 0 saturated heterocycles. The molecule has 0 fully saturated rings. The van der Waals surface area contributed by atoms with Gasteiger partial charge in [0, 0.05) is 11.1 Å². The van der Waals surface area contributed by atoms with E-state index >= 15 is 0 Å². The molecule has 2 aromatic rings. The van der Waals surface area contributed by atoms with Gasteiger partial charge in [0.05, 0.1) is 10.4 Å². The fraction of sp³-hybridized carbons (Fsp3) is 0.182. The van der Waals surface area contributed by atoms with Crippen molar-refractivity contribution in [1.29, 1.82) is 0 Å². The van der Waals surface area contributed by atoms with Crippen LogP contribution < -0.4 is 5.14 Å². The van der Waals surface area contributed by atoms with E-state index in [4.69, 9.17) is 5.14 Å². The van der Waals surface area contributed by atoms with Crippen LogP contribution in [0.1, 0.15) is 12.6 Å². The van der Waals surface area contributed by atoms with E-state index in [1.807, 2.05) is 13.0 Å². The molecular weight excluding hydrogens is 224 g/mol. The van der Waals surface area contributed by atoms with Crippen LogP contribution >= 0.6 is 0 Å². The van der Waals surface area contributed by atoms with Crippen molar-refractivity contribution in [3.05, 3.63) is 36.0 Å². The SMILES string of the molecule is CCc1ccc2c(S(N)(=O)=O)cccc2n1. The van der Waals surface area contributed by atoms with Gasteiger partial charge in [-0.15, -0.1) is 0 Å². The first kappa shape index (κ1) is 11.0. The standard InChI is InChI=1S/C11H12N2O2S/c1-2-8-6-7-9-10(13-8)4-3-5-11(9)16(12,14)15/h3-7H,2H2,1H3,(H2,12,14,15). The molecule has 5 heteroatoms. The summed E-state index contributed by atoms with van der Waals surface area (Å²) in [6.45, 7) is 2.00. The Balaban J connectivity index is 2.80. The number of nitrogens with zero attached hydrogens (tertiary/aromatic N) is 1. The lowest BCUT2D eigenvalue weighted by Crippen LogP contribution is -2.12. The molecule has 2 N–H and O–H groups in total. The second-order valence-corrected chi connectivity index (χ2v) is 5.05. The van der Waals surface area contributed by atoms with Crippen molar-refractivity contribution >= 4 is 20.9 Å². The summed E-state index contributed by atoms with van der Waals surface area (Å²) in [5.74, 6) is 0. The van der Waals surface area contributed by atoms with E-state index in [1.54, 1.807) is 18.2 Å². The van der Waals surface area contributed by atoms with Crippen molar-refractivity contribution in [2.45, 2.75) is 18.2 Å². The Bertz CT molecular complexity index is 635. The zero-order valence-electron chi connectivity index (χ0n) is 8.84. The van der Waals surface area contributed by atoms with E-state index in [0.29, 0.717) is 10.9 Å². The molecule has 0 amide bonds. The number of nitrogens with two attached hydrogens (primary N) is 1.